The predicted molar refractivity (Wildman–Crippen MR) is 102 cm³/mol. The molecule has 0 aliphatic heterocycles. The Morgan fingerprint density at radius 3 is 1.70 bits per heavy atom. The van der Waals surface area contributed by atoms with E-state index in [0.29, 0.717) is 0 Å². The summed E-state index contributed by atoms with van der Waals surface area (Å²) in [6.45, 7) is 1.93. The van der Waals surface area contributed by atoms with E-state index < -0.39 is 21.8 Å². The van der Waals surface area contributed by atoms with Gasteiger partial charge in [-0.3, -0.25) is 20.2 Å². The first kappa shape index (κ1) is 23.8. The van der Waals surface area contributed by atoms with Crippen molar-refractivity contribution in [3.05, 3.63) is 67.8 Å². The van der Waals surface area contributed by atoms with Crippen molar-refractivity contribution in [1.82, 2.24) is 0 Å². The lowest BCUT2D eigenvalue weighted by Crippen LogP contribution is -2.05. The first-order valence-electron chi connectivity index (χ1n) is 8.21. The van der Waals surface area contributed by atoms with E-state index in [0.717, 1.165) is 18.2 Å². The summed E-state index contributed by atoms with van der Waals surface area (Å²) < 4.78 is 14.3. The van der Waals surface area contributed by atoms with Crippen LogP contribution in [0.5, 0.6) is 11.5 Å². The maximum Gasteiger partial charge on any atom is 0.338 e. The molecule has 0 aliphatic rings. The van der Waals surface area contributed by atoms with Crippen LogP contribution >= 0.6 is 0 Å². The molecule has 0 heterocycles. The Morgan fingerprint density at radius 2 is 1.33 bits per heavy atom. The number of carboxylic acid groups (broad SMARTS) is 1. The zero-order valence-corrected chi connectivity index (χ0v) is 16.2. The molecule has 0 amide bonds. The standard InChI is InChI=1S/C10H11NO5.C8H7NO5/c1-3-16-10(12)7-4-5-8(11(13)14)9(6-7)15-2;1-14-7-4-5(8(10)11)2-3-6(7)9(12)13/h4-6H,3H2,1-2H3;2-4H,1H3,(H,10,11). The number of rotatable bonds is 7. The van der Waals surface area contributed by atoms with Gasteiger partial charge in [0.15, 0.2) is 11.5 Å². The number of carbonyl (C=O) groups is 2. The van der Waals surface area contributed by atoms with Gasteiger partial charge in [0.1, 0.15) is 0 Å². The average Bonchev–Trinajstić information content (AvgIpc) is 2.73. The number of carboxylic acids is 1. The molecule has 2 aromatic carbocycles. The van der Waals surface area contributed by atoms with Gasteiger partial charge in [0.05, 0.1) is 41.8 Å². The summed E-state index contributed by atoms with van der Waals surface area (Å²) in [6, 6.07) is 7.20. The predicted octanol–water partition coefficient (Wildman–Crippen LogP) is 3.08. The summed E-state index contributed by atoms with van der Waals surface area (Å²) in [5.41, 5.74) is -0.259. The third-order valence-corrected chi connectivity index (χ3v) is 3.51. The quantitative estimate of drug-likeness (QED) is 0.397. The molecule has 30 heavy (non-hydrogen) atoms. The van der Waals surface area contributed by atoms with E-state index in [1.165, 1.54) is 32.4 Å². The van der Waals surface area contributed by atoms with Gasteiger partial charge < -0.3 is 19.3 Å². The Kier molecular flexibility index (Phi) is 8.69. The van der Waals surface area contributed by atoms with Gasteiger partial charge in [-0.1, -0.05) is 0 Å². The fraction of sp³-hybridized carbons (Fsp3) is 0.222. The fourth-order valence-electron chi connectivity index (χ4n) is 2.13. The number of nitro benzene ring substituents is 2. The Hall–Kier alpha value is -4.22. The molecule has 0 bridgehead atoms. The van der Waals surface area contributed by atoms with Gasteiger partial charge in [0, 0.05) is 24.3 Å². The normalized spacial score (nSPS) is 9.57. The first-order chi connectivity index (χ1) is 14.2. The van der Waals surface area contributed by atoms with Gasteiger partial charge in [-0.05, 0) is 19.1 Å². The van der Waals surface area contributed by atoms with Gasteiger partial charge in [-0.2, -0.15) is 0 Å². The smallest absolute Gasteiger partial charge is 0.338 e. The first-order valence-corrected chi connectivity index (χ1v) is 8.21. The molecule has 0 saturated carbocycles. The van der Waals surface area contributed by atoms with E-state index in [1.807, 2.05) is 0 Å². The van der Waals surface area contributed by atoms with E-state index in [2.05, 4.69) is 0 Å². The van der Waals surface area contributed by atoms with Crippen molar-refractivity contribution in [2.75, 3.05) is 20.8 Å². The second-order valence-corrected chi connectivity index (χ2v) is 5.31. The number of nitro groups is 2. The monoisotopic (exact) mass is 422 g/mol. The lowest BCUT2D eigenvalue weighted by Gasteiger charge is -2.04. The summed E-state index contributed by atoms with van der Waals surface area (Å²) in [4.78, 5) is 41.7. The van der Waals surface area contributed by atoms with Gasteiger partial charge in [0.25, 0.3) is 0 Å². The van der Waals surface area contributed by atoms with Gasteiger partial charge >= 0.3 is 23.3 Å². The fourth-order valence-corrected chi connectivity index (χ4v) is 2.13. The summed E-state index contributed by atoms with van der Waals surface area (Å²) in [6.07, 6.45) is 0. The third kappa shape index (κ3) is 6.15. The highest BCUT2D eigenvalue weighted by molar-refractivity contribution is 5.90. The number of benzene rings is 2. The number of nitrogens with zero attached hydrogens (tertiary/aromatic N) is 2. The second kappa shape index (κ2) is 10.9. The van der Waals surface area contributed by atoms with Crippen molar-refractivity contribution in [2.24, 2.45) is 0 Å². The molecule has 0 radical (unpaired) electrons. The maximum atomic E-state index is 11.3. The molecule has 2 rings (SSSR count). The highest BCUT2D eigenvalue weighted by Gasteiger charge is 2.18. The van der Waals surface area contributed by atoms with Crippen LogP contribution in [-0.4, -0.2) is 47.7 Å². The molecule has 0 saturated heterocycles. The molecular formula is C18H18N2O10. The summed E-state index contributed by atoms with van der Waals surface area (Å²) in [5.74, 6) is -1.71. The largest absolute Gasteiger partial charge is 0.490 e. The molecule has 0 aliphatic carbocycles. The molecule has 0 spiro atoms. The van der Waals surface area contributed by atoms with Crippen molar-refractivity contribution in [2.45, 2.75) is 6.92 Å². The topological polar surface area (TPSA) is 168 Å². The van der Waals surface area contributed by atoms with Crippen LogP contribution in [0.3, 0.4) is 0 Å². The minimum atomic E-state index is -1.15. The molecule has 1 N–H and O–H groups in total. The molecule has 0 aromatic heterocycles. The SMILES string of the molecule is CCOC(=O)c1ccc([N+](=O)[O-])c(OC)c1.COc1cc(C(=O)O)ccc1[N+](=O)[O-]. The van der Waals surface area contributed by atoms with Crippen LogP contribution in [0.15, 0.2) is 36.4 Å². The minimum Gasteiger partial charge on any atom is -0.490 e. The summed E-state index contributed by atoms with van der Waals surface area (Å²) in [7, 11) is 2.55. The Bertz CT molecular complexity index is 958. The molecule has 2 aromatic rings. The van der Waals surface area contributed by atoms with Crippen molar-refractivity contribution in [1.29, 1.82) is 0 Å². The second-order valence-electron chi connectivity index (χ2n) is 5.31. The lowest BCUT2D eigenvalue weighted by molar-refractivity contribution is -0.385. The third-order valence-electron chi connectivity index (χ3n) is 3.51. The van der Waals surface area contributed by atoms with Crippen LogP contribution in [0.25, 0.3) is 0 Å². The molecule has 12 heteroatoms. The lowest BCUT2D eigenvalue weighted by atomic mass is 10.2. The number of carbonyl (C=O) groups excluding carboxylic acids is 1. The molecule has 0 atom stereocenters. The van der Waals surface area contributed by atoms with Crippen molar-refractivity contribution >= 4 is 23.3 Å². The Balaban J connectivity index is 0.000000303. The average molecular weight is 422 g/mol. The zero-order valence-electron chi connectivity index (χ0n) is 16.2. The minimum absolute atomic E-state index is 0.0375. The van der Waals surface area contributed by atoms with E-state index in [1.54, 1.807) is 6.92 Å². The van der Waals surface area contributed by atoms with Gasteiger partial charge in [-0.25, -0.2) is 9.59 Å². The van der Waals surface area contributed by atoms with Crippen molar-refractivity contribution in [3.8, 4) is 11.5 Å². The molecule has 0 unspecified atom stereocenters. The van der Waals surface area contributed by atoms with Crippen LogP contribution in [0.4, 0.5) is 11.4 Å². The van der Waals surface area contributed by atoms with E-state index in [9.17, 15) is 29.8 Å². The number of methoxy groups -OCH3 is 2. The summed E-state index contributed by atoms with van der Waals surface area (Å²) in [5, 5.41) is 29.6. The maximum absolute atomic E-state index is 11.3. The van der Waals surface area contributed by atoms with Crippen LogP contribution in [0.2, 0.25) is 0 Å². The van der Waals surface area contributed by atoms with E-state index in [4.69, 9.17) is 19.3 Å². The number of hydrogen-bond donors (Lipinski definition) is 1. The van der Waals surface area contributed by atoms with Gasteiger partial charge in [-0.15, -0.1) is 0 Å². The Labute approximate surface area is 169 Å². The van der Waals surface area contributed by atoms with Crippen LogP contribution in [0, 0.1) is 20.2 Å². The summed E-state index contributed by atoms with van der Waals surface area (Å²) >= 11 is 0. The molecule has 160 valence electrons. The van der Waals surface area contributed by atoms with Crippen LogP contribution in [-0.2, 0) is 4.74 Å². The number of esters is 1. The number of hydrogen-bond acceptors (Lipinski definition) is 9. The molecule has 0 fully saturated rings. The highest BCUT2D eigenvalue weighted by Crippen LogP contribution is 2.28. The van der Waals surface area contributed by atoms with Crippen LogP contribution < -0.4 is 9.47 Å². The number of aromatic carboxylic acids is 1. The Morgan fingerprint density at radius 1 is 0.900 bits per heavy atom. The highest BCUT2D eigenvalue weighted by atomic mass is 16.6. The molecular weight excluding hydrogens is 404 g/mol. The number of ether oxygens (including phenoxy) is 3. The zero-order chi connectivity index (χ0) is 22.8. The van der Waals surface area contributed by atoms with E-state index >= 15 is 0 Å². The van der Waals surface area contributed by atoms with E-state index in [-0.39, 0.29) is 40.6 Å². The molecule has 12 nitrogen and oxygen atoms in total. The van der Waals surface area contributed by atoms with Crippen molar-refractivity contribution < 1.29 is 38.8 Å². The van der Waals surface area contributed by atoms with Crippen LogP contribution in [0.1, 0.15) is 27.6 Å². The van der Waals surface area contributed by atoms with Gasteiger partial charge in [0.2, 0.25) is 0 Å². The van der Waals surface area contributed by atoms with Crippen molar-refractivity contribution in [3.63, 3.8) is 0 Å².